The largest absolute Gasteiger partial charge is 0.496 e. The van der Waals surface area contributed by atoms with Crippen molar-refractivity contribution >= 4 is 12.0 Å². The Morgan fingerprint density at radius 2 is 2.22 bits per heavy atom. The van der Waals surface area contributed by atoms with E-state index in [2.05, 4.69) is 10.2 Å². The minimum Gasteiger partial charge on any atom is -0.496 e. The number of methoxy groups -OCH3 is 1. The zero-order chi connectivity index (χ0) is 19.4. The van der Waals surface area contributed by atoms with Crippen molar-refractivity contribution in [3.05, 3.63) is 29.7 Å². The fraction of sp³-hybridized carbons (Fsp3) is 0.353. The number of hydrogen-bond acceptors (Lipinski definition) is 8. The van der Waals surface area contributed by atoms with Crippen molar-refractivity contribution in [3.8, 4) is 23.3 Å². The lowest BCUT2D eigenvalue weighted by atomic mass is 10.1. The van der Waals surface area contributed by atoms with Crippen LogP contribution in [-0.2, 0) is 4.84 Å². The molecular weight excluding hydrogens is 354 g/mol. The molecule has 140 valence electrons. The summed E-state index contributed by atoms with van der Waals surface area (Å²) < 4.78 is 10.5. The third-order valence-electron chi connectivity index (χ3n) is 4.20. The van der Waals surface area contributed by atoms with E-state index in [9.17, 15) is 9.59 Å². The fourth-order valence-electron chi connectivity index (χ4n) is 2.77. The van der Waals surface area contributed by atoms with Gasteiger partial charge in [-0.2, -0.15) is 10.7 Å². The highest BCUT2D eigenvalue weighted by Gasteiger charge is 2.28. The van der Waals surface area contributed by atoms with Crippen LogP contribution in [0.3, 0.4) is 0 Å². The van der Waals surface area contributed by atoms with E-state index in [0.29, 0.717) is 23.4 Å². The summed E-state index contributed by atoms with van der Waals surface area (Å²) in [6.07, 6.45) is 1.14. The van der Waals surface area contributed by atoms with Crippen molar-refractivity contribution in [3.63, 3.8) is 0 Å². The number of carbonyl (C=O) groups excluding carboxylic acids is 2. The second kappa shape index (κ2) is 7.74. The number of amides is 2. The molecule has 1 fully saturated rings. The van der Waals surface area contributed by atoms with Crippen LogP contribution in [0.15, 0.2) is 22.6 Å². The summed E-state index contributed by atoms with van der Waals surface area (Å²) in [5.74, 6) is -0.853. The van der Waals surface area contributed by atoms with Crippen molar-refractivity contribution < 1.29 is 23.6 Å². The maximum absolute atomic E-state index is 12.1. The third-order valence-corrected chi connectivity index (χ3v) is 4.20. The van der Waals surface area contributed by atoms with Gasteiger partial charge in [-0.3, -0.25) is 4.79 Å². The molecule has 1 aliphatic heterocycles. The van der Waals surface area contributed by atoms with Gasteiger partial charge in [0.25, 0.3) is 5.89 Å². The van der Waals surface area contributed by atoms with Crippen LogP contribution >= 0.6 is 0 Å². The number of benzene rings is 1. The fourth-order valence-corrected chi connectivity index (χ4v) is 2.77. The highest BCUT2D eigenvalue weighted by atomic mass is 16.7. The Morgan fingerprint density at radius 1 is 1.41 bits per heavy atom. The molecule has 2 heterocycles. The summed E-state index contributed by atoms with van der Waals surface area (Å²) in [6.45, 7) is 2.48. The molecule has 3 rings (SSSR count). The number of rotatable bonds is 3. The molecule has 10 heteroatoms. The Hall–Kier alpha value is -3.61. The lowest BCUT2D eigenvalue weighted by Crippen LogP contribution is -2.39. The summed E-state index contributed by atoms with van der Waals surface area (Å²) in [6, 6.07) is 6.71. The first-order chi connectivity index (χ1) is 13.0. The zero-order valence-corrected chi connectivity index (χ0v) is 14.8. The highest BCUT2D eigenvalue weighted by Crippen LogP contribution is 2.29. The van der Waals surface area contributed by atoms with Crippen molar-refractivity contribution in [1.82, 2.24) is 20.6 Å². The minimum atomic E-state index is -0.857. The standard InChI is InChI=1S/C17H17N5O5/c1-10-4-3-7-22(10)17(24)27-21-14(23)16-20-19-15(26-16)12-8-11(9-18)5-6-13(12)25-2/h5-6,8,10H,3-4,7H2,1-2H3,(H,21,23). The van der Waals surface area contributed by atoms with Gasteiger partial charge in [-0.15, -0.1) is 10.2 Å². The number of hydroxylamine groups is 1. The molecule has 1 N–H and O–H groups in total. The molecule has 2 aromatic rings. The van der Waals surface area contributed by atoms with E-state index in [1.165, 1.54) is 18.1 Å². The summed E-state index contributed by atoms with van der Waals surface area (Å²) in [4.78, 5) is 30.4. The Balaban J connectivity index is 1.69. The maximum Gasteiger partial charge on any atom is 0.434 e. The number of likely N-dealkylation sites (tertiary alicyclic amines) is 1. The first kappa shape index (κ1) is 18.2. The third kappa shape index (κ3) is 3.82. The Morgan fingerprint density at radius 3 is 2.89 bits per heavy atom. The van der Waals surface area contributed by atoms with E-state index in [-0.39, 0.29) is 11.9 Å². The van der Waals surface area contributed by atoms with Crippen LogP contribution in [0.2, 0.25) is 0 Å². The molecular formula is C17H17N5O5. The monoisotopic (exact) mass is 371 g/mol. The van der Waals surface area contributed by atoms with Crippen LogP contribution in [0.4, 0.5) is 4.79 Å². The Labute approximate surface area is 154 Å². The lowest BCUT2D eigenvalue weighted by Gasteiger charge is -2.19. The van der Waals surface area contributed by atoms with E-state index in [1.807, 2.05) is 18.5 Å². The summed E-state index contributed by atoms with van der Waals surface area (Å²) in [5.41, 5.74) is 2.73. The molecule has 0 radical (unpaired) electrons. The van der Waals surface area contributed by atoms with E-state index in [1.54, 1.807) is 12.1 Å². The molecule has 27 heavy (non-hydrogen) atoms. The summed E-state index contributed by atoms with van der Waals surface area (Å²) in [5, 5.41) is 16.5. The van der Waals surface area contributed by atoms with Gasteiger partial charge in [-0.1, -0.05) is 0 Å². The van der Waals surface area contributed by atoms with Crippen LogP contribution in [0.5, 0.6) is 5.75 Å². The first-order valence-electron chi connectivity index (χ1n) is 8.23. The average molecular weight is 371 g/mol. The Bertz CT molecular complexity index is 903. The summed E-state index contributed by atoms with van der Waals surface area (Å²) >= 11 is 0. The number of nitrogens with zero attached hydrogens (tertiary/aromatic N) is 4. The first-order valence-corrected chi connectivity index (χ1v) is 8.23. The predicted molar refractivity (Wildman–Crippen MR) is 90.4 cm³/mol. The second-order valence-electron chi connectivity index (χ2n) is 5.92. The molecule has 1 aromatic heterocycles. The van der Waals surface area contributed by atoms with Crippen molar-refractivity contribution in [2.75, 3.05) is 13.7 Å². The van der Waals surface area contributed by atoms with Crippen LogP contribution < -0.4 is 10.2 Å². The second-order valence-corrected chi connectivity index (χ2v) is 5.92. The average Bonchev–Trinajstić information content (AvgIpc) is 3.34. The van der Waals surface area contributed by atoms with Gasteiger partial charge in [-0.05, 0) is 38.0 Å². The van der Waals surface area contributed by atoms with Gasteiger partial charge in [0.1, 0.15) is 5.75 Å². The zero-order valence-electron chi connectivity index (χ0n) is 14.8. The Kier molecular flexibility index (Phi) is 5.21. The molecule has 0 saturated carbocycles. The van der Waals surface area contributed by atoms with Gasteiger partial charge in [0.05, 0.1) is 24.3 Å². The molecule has 0 spiro atoms. The quantitative estimate of drug-likeness (QED) is 0.809. The topological polar surface area (TPSA) is 131 Å². The molecule has 1 unspecified atom stereocenters. The number of ether oxygens (including phenoxy) is 1. The minimum absolute atomic E-state index is 0.00593. The van der Waals surface area contributed by atoms with Crippen LogP contribution in [-0.4, -0.2) is 46.8 Å². The maximum atomic E-state index is 12.1. The molecule has 1 aromatic carbocycles. The number of nitriles is 1. The van der Waals surface area contributed by atoms with E-state index < -0.39 is 17.9 Å². The molecule has 0 bridgehead atoms. The molecule has 1 saturated heterocycles. The smallest absolute Gasteiger partial charge is 0.434 e. The van der Waals surface area contributed by atoms with Crippen molar-refractivity contribution in [2.45, 2.75) is 25.8 Å². The highest BCUT2D eigenvalue weighted by molar-refractivity contribution is 5.89. The van der Waals surface area contributed by atoms with E-state index >= 15 is 0 Å². The van der Waals surface area contributed by atoms with E-state index in [0.717, 1.165) is 12.8 Å². The molecule has 1 aliphatic rings. The lowest BCUT2D eigenvalue weighted by molar-refractivity contribution is 0.0388. The van der Waals surface area contributed by atoms with Gasteiger partial charge in [0, 0.05) is 12.6 Å². The van der Waals surface area contributed by atoms with Gasteiger partial charge < -0.3 is 18.9 Å². The van der Waals surface area contributed by atoms with Gasteiger partial charge in [0.15, 0.2) is 0 Å². The van der Waals surface area contributed by atoms with Gasteiger partial charge >= 0.3 is 17.9 Å². The van der Waals surface area contributed by atoms with Gasteiger partial charge in [0.2, 0.25) is 0 Å². The number of nitrogens with one attached hydrogen (secondary N) is 1. The number of carbonyl (C=O) groups is 2. The molecule has 0 aliphatic carbocycles. The molecule has 1 atom stereocenters. The van der Waals surface area contributed by atoms with Crippen LogP contribution in [0, 0.1) is 11.3 Å². The van der Waals surface area contributed by atoms with Crippen LogP contribution in [0.1, 0.15) is 36.0 Å². The van der Waals surface area contributed by atoms with Crippen molar-refractivity contribution in [1.29, 1.82) is 5.26 Å². The number of hydrogen-bond donors (Lipinski definition) is 1. The number of aromatic nitrogens is 2. The summed E-state index contributed by atoms with van der Waals surface area (Å²) in [7, 11) is 1.45. The van der Waals surface area contributed by atoms with Gasteiger partial charge in [-0.25, -0.2) is 4.79 Å². The predicted octanol–water partition coefficient (Wildman–Crippen LogP) is 1.88. The van der Waals surface area contributed by atoms with Crippen molar-refractivity contribution in [2.24, 2.45) is 0 Å². The molecule has 2 amide bonds. The molecule has 10 nitrogen and oxygen atoms in total. The normalized spacial score (nSPS) is 15.9. The van der Waals surface area contributed by atoms with E-state index in [4.69, 9.17) is 19.3 Å². The van der Waals surface area contributed by atoms with Crippen LogP contribution in [0.25, 0.3) is 11.5 Å². The SMILES string of the molecule is COc1ccc(C#N)cc1-c1nnc(C(=O)NOC(=O)N2CCCC2C)o1.